The van der Waals surface area contributed by atoms with E-state index in [1.54, 1.807) is 13.3 Å². The summed E-state index contributed by atoms with van der Waals surface area (Å²) in [5.41, 5.74) is 3.19. The van der Waals surface area contributed by atoms with Crippen molar-refractivity contribution in [1.29, 1.82) is 0 Å². The molecule has 4 saturated carbocycles. The largest absolute Gasteiger partial charge is 0.349 e. The van der Waals surface area contributed by atoms with Crippen LogP contribution >= 0.6 is 0 Å². The monoisotopic (exact) mass is 378 g/mol. The molecule has 1 aromatic rings. The Labute approximate surface area is 169 Å². The summed E-state index contributed by atoms with van der Waals surface area (Å²) in [4.78, 5) is 14.7. The number of nitrogens with zero attached hydrogens (tertiary/aromatic N) is 1. The van der Waals surface area contributed by atoms with Crippen molar-refractivity contribution in [3.8, 4) is 0 Å². The molecular formula is C25H34N2O. The smallest absolute Gasteiger partial charge is 0.217 e. The zero-order valence-corrected chi connectivity index (χ0v) is 17.2. The third-order valence-corrected chi connectivity index (χ3v) is 9.23. The van der Waals surface area contributed by atoms with Gasteiger partial charge in [-0.25, -0.2) is 0 Å². The van der Waals surface area contributed by atoms with Crippen LogP contribution in [0.4, 0.5) is 0 Å². The fraction of sp³-hybridized carbons (Fsp3) is 0.720. The second kappa shape index (κ2) is 6.32. The maximum Gasteiger partial charge on any atom is 0.217 e. The molecule has 1 heterocycles. The lowest BCUT2D eigenvalue weighted by Gasteiger charge is -2.58. The highest BCUT2D eigenvalue weighted by molar-refractivity contribution is 5.73. The van der Waals surface area contributed by atoms with Crippen molar-refractivity contribution in [1.82, 2.24) is 10.2 Å². The fourth-order valence-electron chi connectivity index (χ4n) is 8.48. The summed E-state index contributed by atoms with van der Waals surface area (Å²) in [6.07, 6.45) is 11.3. The second-order valence-electron chi connectivity index (χ2n) is 10.8. The van der Waals surface area contributed by atoms with Gasteiger partial charge in [-0.2, -0.15) is 0 Å². The maximum absolute atomic E-state index is 11.8. The van der Waals surface area contributed by atoms with E-state index >= 15 is 0 Å². The number of hydrogen-bond acceptors (Lipinski definition) is 2. The molecule has 5 aliphatic carbocycles. The van der Waals surface area contributed by atoms with E-state index in [4.69, 9.17) is 0 Å². The Kier molecular flexibility index (Phi) is 3.95. The highest BCUT2D eigenvalue weighted by Crippen LogP contribution is 2.57. The van der Waals surface area contributed by atoms with Gasteiger partial charge in [-0.1, -0.05) is 24.3 Å². The first-order chi connectivity index (χ1) is 13.6. The first kappa shape index (κ1) is 17.5. The Hall–Kier alpha value is -1.35. The Morgan fingerprint density at radius 2 is 1.64 bits per heavy atom. The average molecular weight is 379 g/mol. The van der Waals surface area contributed by atoms with Crippen LogP contribution in [0.3, 0.4) is 0 Å². The van der Waals surface area contributed by atoms with Crippen LogP contribution in [-0.2, 0) is 10.2 Å². The van der Waals surface area contributed by atoms with E-state index in [1.807, 2.05) is 0 Å². The van der Waals surface area contributed by atoms with Crippen molar-refractivity contribution in [3.05, 3.63) is 35.4 Å². The van der Waals surface area contributed by atoms with Gasteiger partial charge in [-0.3, -0.25) is 9.69 Å². The van der Waals surface area contributed by atoms with E-state index in [9.17, 15) is 4.79 Å². The highest BCUT2D eigenvalue weighted by atomic mass is 16.1. The van der Waals surface area contributed by atoms with E-state index in [1.165, 1.54) is 62.7 Å². The number of hydrogen-bond donors (Lipinski definition) is 1. The number of rotatable bonds is 2. The van der Waals surface area contributed by atoms with Gasteiger partial charge in [-0.05, 0) is 99.3 Å². The molecular weight excluding hydrogens is 344 g/mol. The minimum absolute atomic E-state index is 0.0999. The molecule has 3 heteroatoms. The van der Waals surface area contributed by atoms with Gasteiger partial charge in [0.1, 0.15) is 0 Å². The first-order valence-electron chi connectivity index (χ1n) is 11.7. The number of likely N-dealkylation sites (tertiary alicyclic amines) is 1. The Balaban J connectivity index is 1.21. The van der Waals surface area contributed by atoms with E-state index in [0.717, 1.165) is 36.1 Å². The topological polar surface area (TPSA) is 32.3 Å². The lowest BCUT2D eigenvalue weighted by Crippen LogP contribution is -2.58. The molecule has 0 unspecified atom stereocenters. The summed E-state index contributed by atoms with van der Waals surface area (Å²) in [6, 6.07) is 10.0. The number of carbonyl (C=O) groups excluding carboxylic acids is 1. The minimum Gasteiger partial charge on any atom is -0.349 e. The summed E-state index contributed by atoms with van der Waals surface area (Å²) in [7, 11) is 0. The molecule has 150 valence electrons. The molecule has 1 aliphatic heterocycles. The molecule has 1 amide bonds. The van der Waals surface area contributed by atoms with Crippen LogP contribution < -0.4 is 5.32 Å². The molecule has 1 saturated heterocycles. The van der Waals surface area contributed by atoms with Gasteiger partial charge in [0.2, 0.25) is 5.91 Å². The Morgan fingerprint density at radius 1 is 1.00 bits per heavy atom. The molecule has 1 spiro atoms. The summed E-state index contributed by atoms with van der Waals surface area (Å²) >= 11 is 0. The van der Waals surface area contributed by atoms with Gasteiger partial charge in [0.15, 0.2) is 0 Å². The maximum atomic E-state index is 11.8. The number of piperidine rings is 1. The number of amides is 1. The van der Waals surface area contributed by atoms with Crippen molar-refractivity contribution in [2.75, 3.05) is 13.1 Å². The highest BCUT2D eigenvalue weighted by Gasteiger charge is 2.52. The van der Waals surface area contributed by atoms with Gasteiger partial charge in [-0.15, -0.1) is 0 Å². The molecule has 4 bridgehead atoms. The zero-order valence-electron chi connectivity index (χ0n) is 17.2. The van der Waals surface area contributed by atoms with Crippen LogP contribution in [0.25, 0.3) is 0 Å². The van der Waals surface area contributed by atoms with E-state index in [-0.39, 0.29) is 17.4 Å². The zero-order chi connectivity index (χ0) is 18.9. The standard InChI is InChI=1S/C25H34N2O/c1-16(28)26-23-15-25(22-5-3-2-4-21(22)23)6-8-27(9-7-25)24-19-11-17-10-18(13-19)14-20(24)12-17/h2-5,17-20,23-24H,6-15H2,1H3,(H,26,28)/t17?,18?,19?,20?,23-,24?/m0/s1. The molecule has 7 rings (SSSR count). The molecule has 1 aromatic carbocycles. The third kappa shape index (κ3) is 2.61. The summed E-state index contributed by atoms with van der Waals surface area (Å²) in [5.74, 6) is 4.22. The van der Waals surface area contributed by atoms with Crippen LogP contribution in [0.15, 0.2) is 24.3 Å². The number of fused-ring (bicyclic) bond motifs is 2. The van der Waals surface area contributed by atoms with E-state index in [2.05, 4.69) is 34.5 Å². The van der Waals surface area contributed by atoms with Crippen molar-refractivity contribution in [3.63, 3.8) is 0 Å². The van der Waals surface area contributed by atoms with Gasteiger partial charge in [0.05, 0.1) is 6.04 Å². The predicted molar refractivity (Wildman–Crippen MR) is 111 cm³/mol. The average Bonchev–Trinajstić information content (AvgIpc) is 2.95. The van der Waals surface area contributed by atoms with Crippen molar-refractivity contribution >= 4 is 5.91 Å². The number of nitrogens with one attached hydrogen (secondary N) is 1. The normalized spacial score (nSPS) is 40.6. The molecule has 1 atom stereocenters. The molecule has 1 N–H and O–H groups in total. The van der Waals surface area contributed by atoms with Crippen LogP contribution in [0.1, 0.15) is 75.5 Å². The Bertz CT molecular complexity index is 751. The van der Waals surface area contributed by atoms with Gasteiger partial charge < -0.3 is 5.32 Å². The van der Waals surface area contributed by atoms with Crippen LogP contribution in [-0.4, -0.2) is 29.9 Å². The van der Waals surface area contributed by atoms with Gasteiger partial charge >= 0.3 is 0 Å². The third-order valence-electron chi connectivity index (χ3n) is 9.23. The van der Waals surface area contributed by atoms with Crippen molar-refractivity contribution < 1.29 is 4.79 Å². The lowest BCUT2D eigenvalue weighted by atomic mass is 9.53. The number of benzene rings is 1. The van der Waals surface area contributed by atoms with E-state index in [0.29, 0.717) is 0 Å². The van der Waals surface area contributed by atoms with E-state index < -0.39 is 0 Å². The molecule has 28 heavy (non-hydrogen) atoms. The quantitative estimate of drug-likeness (QED) is 0.826. The van der Waals surface area contributed by atoms with Crippen molar-refractivity contribution in [2.24, 2.45) is 23.7 Å². The lowest BCUT2D eigenvalue weighted by molar-refractivity contribution is -0.119. The molecule has 3 nitrogen and oxygen atoms in total. The van der Waals surface area contributed by atoms with Gasteiger partial charge in [0, 0.05) is 18.4 Å². The second-order valence-corrected chi connectivity index (χ2v) is 10.8. The van der Waals surface area contributed by atoms with Crippen molar-refractivity contribution in [2.45, 2.75) is 75.8 Å². The SMILES string of the molecule is CC(=O)N[C@H]1CC2(CCN(C3C4CC5CC(C4)CC3C5)CC2)c2ccccc21. The Morgan fingerprint density at radius 3 is 2.29 bits per heavy atom. The van der Waals surface area contributed by atoms with Crippen LogP contribution in [0, 0.1) is 23.7 Å². The van der Waals surface area contributed by atoms with Crippen LogP contribution in [0.2, 0.25) is 0 Å². The molecule has 0 aromatic heterocycles. The molecule has 0 radical (unpaired) electrons. The fourth-order valence-corrected chi connectivity index (χ4v) is 8.48. The summed E-state index contributed by atoms with van der Waals surface area (Å²) < 4.78 is 0. The molecule has 6 aliphatic rings. The van der Waals surface area contributed by atoms with Crippen LogP contribution in [0.5, 0.6) is 0 Å². The summed E-state index contributed by atoms with van der Waals surface area (Å²) in [5, 5.41) is 3.23. The molecule has 5 fully saturated rings. The summed E-state index contributed by atoms with van der Waals surface area (Å²) in [6.45, 7) is 4.17. The first-order valence-corrected chi connectivity index (χ1v) is 11.7. The predicted octanol–water partition coefficient (Wildman–Crippen LogP) is 4.43. The van der Waals surface area contributed by atoms with Gasteiger partial charge in [0.25, 0.3) is 0 Å². The number of carbonyl (C=O) groups is 1. The minimum atomic E-state index is 0.0999.